The highest BCUT2D eigenvalue weighted by Gasteiger charge is 2.46. The maximum Gasteiger partial charge on any atom is 0.326 e. The molecular formula is C26H32N6O7S2. The van der Waals surface area contributed by atoms with Gasteiger partial charge in [-0.2, -0.15) is 4.31 Å². The zero-order chi connectivity index (χ0) is 30.2. The molecule has 220 valence electrons. The fourth-order valence-corrected chi connectivity index (χ4v) is 7.74. The van der Waals surface area contributed by atoms with Gasteiger partial charge in [0.05, 0.1) is 10.3 Å². The number of carboxylic acids is 1. The van der Waals surface area contributed by atoms with Crippen LogP contribution < -0.4 is 21.7 Å². The van der Waals surface area contributed by atoms with Crippen molar-refractivity contribution in [2.24, 2.45) is 5.73 Å². The second-order valence-electron chi connectivity index (χ2n) is 9.17. The molecule has 7 N–H and O–H groups in total. The smallest absolute Gasteiger partial charge is 0.326 e. The third-order valence-corrected chi connectivity index (χ3v) is 9.67. The van der Waals surface area contributed by atoms with Gasteiger partial charge in [-0.25, -0.2) is 13.2 Å². The van der Waals surface area contributed by atoms with E-state index < -0.39 is 57.1 Å². The molecule has 13 nitrogen and oxygen atoms in total. The van der Waals surface area contributed by atoms with Crippen molar-refractivity contribution < 1.29 is 32.7 Å². The molecule has 1 fully saturated rings. The lowest BCUT2D eigenvalue weighted by Gasteiger charge is -2.28. The molecule has 0 spiro atoms. The van der Waals surface area contributed by atoms with E-state index in [0.717, 1.165) is 0 Å². The summed E-state index contributed by atoms with van der Waals surface area (Å²) in [7, 11) is -4.01. The van der Waals surface area contributed by atoms with Crippen LogP contribution in [0.2, 0.25) is 0 Å². The second-order valence-corrected chi connectivity index (χ2v) is 12.2. The van der Waals surface area contributed by atoms with E-state index in [9.17, 15) is 32.7 Å². The number of carbonyl (C=O) groups is 4. The molecule has 1 heterocycles. The van der Waals surface area contributed by atoms with E-state index in [1.54, 1.807) is 42.5 Å². The normalized spacial score (nSPS) is 17.8. The summed E-state index contributed by atoms with van der Waals surface area (Å²) < 4.78 is 28.0. The molecule has 1 saturated heterocycles. The molecule has 1 aliphatic heterocycles. The van der Waals surface area contributed by atoms with E-state index in [0.29, 0.717) is 17.7 Å². The van der Waals surface area contributed by atoms with Gasteiger partial charge in [0.15, 0.2) is 5.96 Å². The molecule has 0 bridgehead atoms. The van der Waals surface area contributed by atoms with Gasteiger partial charge in [-0.3, -0.25) is 25.1 Å². The number of nitrogens with one attached hydrogen (secondary N) is 4. The van der Waals surface area contributed by atoms with Crippen LogP contribution in [0.25, 0.3) is 0 Å². The summed E-state index contributed by atoms with van der Waals surface area (Å²) in [4.78, 5) is 48.9. The number of carboxylic acid groups (broad SMARTS) is 1. The lowest BCUT2D eigenvalue weighted by atomic mass is 10.0. The number of benzene rings is 2. The van der Waals surface area contributed by atoms with Crippen LogP contribution in [0, 0.1) is 5.41 Å². The highest BCUT2D eigenvalue weighted by atomic mass is 32.2. The molecule has 3 amide bonds. The number of amides is 3. The van der Waals surface area contributed by atoms with E-state index in [4.69, 9.17) is 11.1 Å². The van der Waals surface area contributed by atoms with Gasteiger partial charge >= 0.3 is 5.97 Å². The number of carbonyl (C=O) groups excluding carboxylic acids is 3. The monoisotopic (exact) mass is 604 g/mol. The summed E-state index contributed by atoms with van der Waals surface area (Å²) in [6.45, 7) is 1.82. The molecule has 3 rings (SSSR count). The fraction of sp³-hybridized carbons (Fsp3) is 0.346. The van der Waals surface area contributed by atoms with Crippen LogP contribution in [-0.4, -0.2) is 70.7 Å². The molecule has 0 saturated carbocycles. The minimum atomic E-state index is -4.01. The Morgan fingerprint density at radius 1 is 1.07 bits per heavy atom. The van der Waals surface area contributed by atoms with E-state index in [-0.39, 0.29) is 29.9 Å². The standard InChI is InChI=1S/C26H32N6O7S2/c1-2-23-32(41(38,39)18-6-4-3-5-7-18)20(15-40-23)24(35)30-19(25(36)37)14-16-8-10-17(11-9-16)29-21(33)12-13-22(34)31-26(27)28/h3-11,19-20,23H,2,12-15H2,1H3,(H,29,33)(H,30,35)(H,36,37)(H4,27,28,31,34)/t19-,20-,23?/m0/s1. The number of guanidine groups is 1. The fourth-order valence-electron chi connectivity index (χ4n) is 4.17. The van der Waals surface area contributed by atoms with Gasteiger partial charge in [-0.1, -0.05) is 37.3 Å². The van der Waals surface area contributed by atoms with Crippen LogP contribution in [0.3, 0.4) is 0 Å². The largest absolute Gasteiger partial charge is 0.480 e. The van der Waals surface area contributed by atoms with Gasteiger partial charge in [0.2, 0.25) is 27.7 Å². The highest BCUT2D eigenvalue weighted by Crippen LogP contribution is 2.36. The van der Waals surface area contributed by atoms with Gasteiger partial charge in [-0.15, -0.1) is 11.8 Å². The molecular weight excluding hydrogens is 572 g/mol. The highest BCUT2D eigenvalue weighted by molar-refractivity contribution is 8.01. The average Bonchev–Trinajstić information content (AvgIpc) is 3.38. The van der Waals surface area contributed by atoms with Crippen molar-refractivity contribution in [3.8, 4) is 0 Å². The third kappa shape index (κ3) is 8.52. The number of aliphatic carboxylic acids is 1. The van der Waals surface area contributed by atoms with Gasteiger partial charge in [0.25, 0.3) is 0 Å². The lowest BCUT2D eigenvalue weighted by molar-refractivity contribution is -0.142. The van der Waals surface area contributed by atoms with Crippen LogP contribution in [0.4, 0.5) is 5.69 Å². The predicted molar refractivity (Wildman–Crippen MR) is 153 cm³/mol. The molecule has 1 aliphatic rings. The van der Waals surface area contributed by atoms with E-state index >= 15 is 0 Å². The number of rotatable bonds is 12. The molecule has 2 aromatic rings. The average molecular weight is 605 g/mol. The quantitative estimate of drug-likeness (QED) is 0.151. The number of nitrogens with two attached hydrogens (primary N) is 1. The third-order valence-electron chi connectivity index (χ3n) is 6.15. The van der Waals surface area contributed by atoms with Gasteiger partial charge in [0.1, 0.15) is 12.1 Å². The zero-order valence-electron chi connectivity index (χ0n) is 22.2. The predicted octanol–water partition coefficient (Wildman–Crippen LogP) is 1.07. The molecule has 0 aromatic heterocycles. The first-order chi connectivity index (χ1) is 19.4. The van der Waals surface area contributed by atoms with E-state index in [1.807, 2.05) is 6.92 Å². The first kappa shape index (κ1) is 31.6. The first-order valence-corrected chi connectivity index (χ1v) is 15.2. The number of hydrogen-bond acceptors (Lipinski definition) is 8. The van der Waals surface area contributed by atoms with E-state index in [1.165, 1.54) is 28.2 Å². The number of hydrogen-bond donors (Lipinski definition) is 6. The Morgan fingerprint density at radius 3 is 2.29 bits per heavy atom. The Morgan fingerprint density at radius 2 is 1.71 bits per heavy atom. The number of thioether (sulfide) groups is 1. The Labute approximate surface area is 241 Å². The summed E-state index contributed by atoms with van der Waals surface area (Å²) in [6, 6.07) is 11.7. The molecule has 0 aliphatic carbocycles. The van der Waals surface area contributed by atoms with Crippen molar-refractivity contribution in [2.75, 3.05) is 11.1 Å². The molecule has 15 heteroatoms. The Kier molecular flexibility index (Phi) is 10.9. The van der Waals surface area contributed by atoms with Crippen LogP contribution in [0.1, 0.15) is 31.7 Å². The number of nitrogens with zero attached hydrogens (tertiary/aromatic N) is 1. The van der Waals surface area contributed by atoms with Crippen molar-refractivity contribution >= 4 is 57.1 Å². The zero-order valence-corrected chi connectivity index (χ0v) is 23.8. The van der Waals surface area contributed by atoms with Crippen LogP contribution >= 0.6 is 11.8 Å². The van der Waals surface area contributed by atoms with Crippen molar-refractivity contribution in [1.82, 2.24) is 14.9 Å². The van der Waals surface area contributed by atoms with Gasteiger partial charge < -0.3 is 21.5 Å². The lowest BCUT2D eigenvalue weighted by Crippen LogP contribution is -2.53. The van der Waals surface area contributed by atoms with Crippen molar-refractivity contribution in [3.05, 3.63) is 60.2 Å². The molecule has 2 aromatic carbocycles. The van der Waals surface area contributed by atoms with E-state index in [2.05, 4.69) is 16.0 Å². The molecule has 41 heavy (non-hydrogen) atoms. The van der Waals surface area contributed by atoms with Crippen LogP contribution in [0.5, 0.6) is 0 Å². The summed E-state index contributed by atoms with van der Waals surface area (Å²) >= 11 is 1.33. The van der Waals surface area contributed by atoms with Gasteiger partial charge in [-0.05, 0) is 36.2 Å². The minimum absolute atomic E-state index is 0.0556. The SMILES string of the molecule is CCC1SC[C@@H](C(=O)N[C@@H](Cc2ccc(NC(=O)CCC(=O)NC(=N)N)cc2)C(=O)O)N1S(=O)(=O)c1ccccc1. The topological polar surface area (TPSA) is 212 Å². The maximum atomic E-state index is 13.4. The van der Waals surface area contributed by atoms with Crippen LogP contribution in [-0.2, 0) is 35.6 Å². The van der Waals surface area contributed by atoms with Crippen molar-refractivity contribution in [2.45, 2.75) is 55.0 Å². The summed E-state index contributed by atoms with van der Waals surface area (Å²) in [6.07, 6.45) is 0.0930. The Balaban J connectivity index is 1.64. The molecule has 3 atom stereocenters. The van der Waals surface area contributed by atoms with Gasteiger partial charge in [0, 0.05) is 30.7 Å². The molecule has 1 unspecified atom stereocenters. The Bertz CT molecular complexity index is 1390. The minimum Gasteiger partial charge on any atom is -0.480 e. The second kappa shape index (κ2) is 14.1. The molecule has 0 radical (unpaired) electrons. The van der Waals surface area contributed by atoms with Crippen LogP contribution in [0.15, 0.2) is 59.5 Å². The first-order valence-electron chi connectivity index (χ1n) is 12.7. The van der Waals surface area contributed by atoms with Crippen molar-refractivity contribution in [1.29, 1.82) is 5.41 Å². The number of anilines is 1. The Hall–Kier alpha value is -3.95. The summed E-state index contributed by atoms with van der Waals surface area (Å²) in [5.41, 5.74) is 6.04. The maximum absolute atomic E-state index is 13.4. The summed E-state index contributed by atoms with van der Waals surface area (Å²) in [5, 5.41) is 23.5. The summed E-state index contributed by atoms with van der Waals surface area (Å²) in [5.74, 6) is -3.31. The van der Waals surface area contributed by atoms with Crippen molar-refractivity contribution in [3.63, 3.8) is 0 Å². The number of sulfonamides is 1.